The summed E-state index contributed by atoms with van der Waals surface area (Å²) in [6.45, 7) is 0.503. The molecular formula is C22H23FN2O2. The molecule has 1 fully saturated rings. The first-order chi connectivity index (χ1) is 13.1. The monoisotopic (exact) mass is 366 g/mol. The van der Waals surface area contributed by atoms with Gasteiger partial charge < -0.3 is 10.2 Å². The maximum atomic E-state index is 13.1. The number of anilines is 1. The van der Waals surface area contributed by atoms with Crippen LogP contribution in [-0.2, 0) is 22.6 Å². The lowest BCUT2D eigenvalue weighted by Crippen LogP contribution is -2.35. The van der Waals surface area contributed by atoms with Gasteiger partial charge in [0, 0.05) is 30.6 Å². The molecule has 2 amide bonds. The molecule has 27 heavy (non-hydrogen) atoms. The van der Waals surface area contributed by atoms with E-state index in [-0.39, 0.29) is 29.6 Å². The Kier molecular flexibility index (Phi) is 4.92. The van der Waals surface area contributed by atoms with Crippen LogP contribution in [0.25, 0.3) is 0 Å². The van der Waals surface area contributed by atoms with Crippen molar-refractivity contribution in [3.63, 3.8) is 0 Å². The molecule has 0 saturated heterocycles. The van der Waals surface area contributed by atoms with Crippen LogP contribution in [0.1, 0.15) is 36.8 Å². The van der Waals surface area contributed by atoms with Gasteiger partial charge in [-0.3, -0.25) is 9.59 Å². The average molecular weight is 366 g/mol. The second-order valence-electron chi connectivity index (χ2n) is 7.47. The fraction of sp³-hybridized carbons (Fsp3) is 0.364. The highest BCUT2D eigenvalue weighted by Gasteiger charge is 2.33. The Bertz CT molecular complexity index is 846. The van der Waals surface area contributed by atoms with Crippen LogP contribution in [0.5, 0.6) is 0 Å². The highest BCUT2D eigenvalue weighted by molar-refractivity contribution is 5.96. The van der Waals surface area contributed by atoms with Gasteiger partial charge in [0.1, 0.15) is 5.82 Å². The lowest BCUT2D eigenvalue weighted by Gasteiger charge is -2.26. The number of carbonyl (C=O) groups excluding carboxylic acids is 2. The molecule has 1 aliphatic carbocycles. The molecule has 1 N–H and O–H groups in total. The summed E-state index contributed by atoms with van der Waals surface area (Å²) >= 11 is 0. The first kappa shape index (κ1) is 17.7. The van der Waals surface area contributed by atoms with Crippen LogP contribution in [-0.4, -0.2) is 22.8 Å². The van der Waals surface area contributed by atoms with E-state index in [1.807, 2.05) is 29.2 Å². The Morgan fingerprint density at radius 1 is 1.11 bits per heavy atom. The van der Waals surface area contributed by atoms with Gasteiger partial charge in [0.25, 0.3) is 0 Å². The van der Waals surface area contributed by atoms with Crippen LogP contribution >= 0.6 is 0 Å². The lowest BCUT2D eigenvalue weighted by atomic mass is 9.89. The maximum Gasteiger partial charge on any atom is 0.227 e. The second kappa shape index (κ2) is 7.51. The molecule has 0 aromatic heterocycles. The Balaban J connectivity index is 1.37. The van der Waals surface area contributed by atoms with Gasteiger partial charge in [-0.1, -0.05) is 30.3 Å². The Hall–Kier alpha value is -2.69. The summed E-state index contributed by atoms with van der Waals surface area (Å²) < 4.78 is 13.1. The van der Waals surface area contributed by atoms with Crippen molar-refractivity contribution in [2.45, 2.75) is 44.7 Å². The summed E-state index contributed by atoms with van der Waals surface area (Å²) in [5.41, 5.74) is 2.93. The predicted molar refractivity (Wildman–Crippen MR) is 101 cm³/mol. The van der Waals surface area contributed by atoms with Gasteiger partial charge in [-0.15, -0.1) is 0 Å². The molecule has 1 atom stereocenters. The summed E-state index contributed by atoms with van der Waals surface area (Å²) in [4.78, 5) is 27.0. The van der Waals surface area contributed by atoms with E-state index >= 15 is 0 Å². The van der Waals surface area contributed by atoms with Crippen molar-refractivity contribution < 1.29 is 14.0 Å². The van der Waals surface area contributed by atoms with E-state index in [4.69, 9.17) is 0 Å². The van der Waals surface area contributed by atoms with Crippen molar-refractivity contribution in [1.29, 1.82) is 0 Å². The highest BCUT2D eigenvalue weighted by atomic mass is 19.1. The van der Waals surface area contributed by atoms with Crippen molar-refractivity contribution in [1.82, 2.24) is 4.90 Å². The molecule has 2 aliphatic rings. The minimum atomic E-state index is -0.272. The summed E-state index contributed by atoms with van der Waals surface area (Å²) in [5.74, 6) is -0.367. The van der Waals surface area contributed by atoms with E-state index in [9.17, 15) is 14.0 Å². The molecule has 5 heteroatoms. The molecule has 2 aromatic carbocycles. The van der Waals surface area contributed by atoms with Crippen molar-refractivity contribution >= 4 is 17.5 Å². The van der Waals surface area contributed by atoms with Gasteiger partial charge in [0.05, 0.1) is 0 Å². The fourth-order valence-electron chi connectivity index (χ4n) is 3.68. The zero-order chi connectivity index (χ0) is 18.8. The molecule has 4 nitrogen and oxygen atoms in total. The topological polar surface area (TPSA) is 49.4 Å². The molecule has 0 bridgehead atoms. The largest absolute Gasteiger partial charge is 0.335 e. The molecule has 1 heterocycles. The van der Waals surface area contributed by atoms with Gasteiger partial charge in [-0.05, 0) is 55.0 Å². The number of hydrogen-bond acceptors (Lipinski definition) is 2. The van der Waals surface area contributed by atoms with Gasteiger partial charge >= 0.3 is 0 Å². The van der Waals surface area contributed by atoms with E-state index < -0.39 is 0 Å². The van der Waals surface area contributed by atoms with Crippen LogP contribution in [0.3, 0.4) is 0 Å². The number of amides is 2. The van der Waals surface area contributed by atoms with Crippen LogP contribution in [0.15, 0.2) is 48.5 Å². The zero-order valence-corrected chi connectivity index (χ0v) is 15.2. The minimum absolute atomic E-state index is 0.00185. The quantitative estimate of drug-likeness (QED) is 0.843. The number of nitrogens with one attached hydrogen (secondary N) is 1. The van der Waals surface area contributed by atoms with Crippen LogP contribution in [0, 0.1) is 11.7 Å². The van der Waals surface area contributed by atoms with Crippen molar-refractivity contribution in [2.75, 3.05) is 5.32 Å². The zero-order valence-electron chi connectivity index (χ0n) is 15.2. The number of carbonyl (C=O) groups is 2. The van der Waals surface area contributed by atoms with E-state index in [2.05, 4.69) is 5.32 Å². The van der Waals surface area contributed by atoms with Gasteiger partial charge in [-0.2, -0.15) is 0 Å². The average Bonchev–Trinajstić information content (AvgIpc) is 3.50. The second-order valence-corrected chi connectivity index (χ2v) is 7.47. The molecule has 1 saturated carbocycles. The number of benzene rings is 2. The number of fused-ring (bicyclic) bond motifs is 1. The Morgan fingerprint density at radius 2 is 1.85 bits per heavy atom. The van der Waals surface area contributed by atoms with Crippen LogP contribution in [0.4, 0.5) is 10.1 Å². The number of halogens is 1. The molecule has 1 unspecified atom stereocenters. The first-order valence-corrected chi connectivity index (χ1v) is 9.53. The molecule has 4 rings (SSSR count). The maximum absolute atomic E-state index is 13.1. The summed E-state index contributed by atoms with van der Waals surface area (Å²) in [5, 5.41) is 2.94. The standard InChI is InChI=1S/C22H23FN2O2/c23-18-8-5-15(6-9-18)14-25(19-10-11-19)21(26)12-7-17-13-16-3-1-2-4-20(16)24-22(17)27/h1-6,8-9,17,19H,7,10-14H2,(H,24,27). The van der Waals surface area contributed by atoms with Crippen molar-refractivity contribution in [3.05, 3.63) is 65.5 Å². The van der Waals surface area contributed by atoms with Gasteiger partial charge in [0.15, 0.2) is 0 Å². The Morgan fingerprint density at radius 3 is 2.59 bits per heavy atom. The lowest BCUT2D eigenvalue weighted by molar-refractivity contribution is -0.133. The highest BCUT2D eigenvalue weighted by Crippen LogP contribution is 2.31. The molecule has 0 spiro atoms. The van der Waals surface area contributed by atoms with Crippen molar-refractivity contribution in [2.24, 2.45) is 5.92 Å². The SMILES string of the molecule is O=C1Nc2ccccc2CC1CCC(=O)N(Cc1ccc(F)cc1)C1CC1. The number of para-hydroxylation sites is 1. The molecule has 140 valence electrons. The fourth-order valence-corrected chi connectivity index (χ4v) is 3.68. The third kappa shape index (κ3) is 4.18. The van der Waals surface area contributed by atoms with Crippen LogP contribution < -0.4 is 5.32 Å². The first-order valence-electron chi connectivity index (χ1n) is 9.53. The summed E-state index contributed by atoms with van der Waals surface area (Å²) in [6, 6.07) is 14.4. The molecule has 1 aliphatic heterocycles. The van der Waals surface area contributed by atoms with E-state index in [0.29, 0.717) is 25.8 Å². The molecule has 0 radical (unpaired) electrons. The van der Waals surface area contributed by atoms with E-state index in [1.54, 1.807) is 12.1 Å². The van der Waals surface area contributed by atoms with Gasteiger partial charge in [-0.25, -0.2) is 4.39 Å². The minimum Gasteiger partial charge on any atom is -0.335 e. The smallest absolute Gasteiger partial charge is 0.227 e. The molecule has 2 aromatic rings. The summed E-state index contributed by atoms with van der Waals surface area (Å²) in [6.07, 6.45) is 3.62. The number of rotatable bonds is 6. The van der Waals surface area contributed by atoms with Crippen LogP contribution in [0.2, 0.25) is 0 Å². The third-order valence-corrected chi connectivity index (χ3v) is 5.39. The third-order valence-electron chi connectivity index (χ3n) is 5.39. The number of hydrogen-bond donors (Lipinski definition) is 1. The van der Waals surface area contributed by atoms with E-state index in [1.165, 1.54) is 12.1 Å². The number of nitrogens with zero attached hydrogens (tertiary/aromatic N) is 1. The van der Waals surface area contributed by atoms with E-state index in [0.717, 1.165) is 29.7 Å². The van der Waals surface area contributed by atoms with Gasteiger partial charge in [0.2, 0.25) is 11.8 Å². The normalized spacial score (nSPS) is 18.6. The molecular weight excluding hydrogens is 343 g/mol. The Labute approximate surface area is 158 Å². The summed E-state index contributed by atoms with van der Waals surface area (Å²) in [7, 11) is 0. The predicted octanol–water partition coefficient (Wildman–Crippen LogP) is 3.91. The van der Waals surface area contributed by atoms with Crippen molar-refractivity contribution in [3.8, 4) is 0 Å².